The Kier molecular flexibility index (Phi) is 11.1. The van der Waals surface area contributed by atoms with Crippen molar-refractivity contribution in [3.05, 3.63) is 24.5 Å². The molecular formula is C19H25F6N3O7S. The average molecular weight is 553 g/mol. The van der Waals surface area contributed by atoms with Crippen molar-refractivity contribution in [3.63, 3.8) is 0 Å². The number of aromatic nitrogens is 1. The molecule has 2 fully saturated rings. The first-order valence-corrected chi connectivity index (χ1v) is 11.7. The predicted octanol–water partition coefficient (Wildman–Crippen LogP) is 2.08. The molecule has 0 aliphatic carbocycles. The fourth-order valence-corrected chi connectivity index (χ4v) is 5.32. The van der Waals surface area contributed by atoms with E-state index in [1.54, 1.807) is 29.7 Å². The van der Waals surface area contributed by atoms with Gasteiger partial charge in [-0.1, -0.05) is 6.92 Å². The van der Waals surface area contributed by atoms with Crippen LogP contribution in [0.15, 0.2) is 29.4 Å². The van der Waals surface area contributed by atoms with Crippen LogP contribution >= 0.6 is 0 Å². The molecule has 0 saturated carbocycles. The largest absolute Gasteiger partial charge is 0.490 e. The highest BCUT2D eigenvalue weighted by atomic mass is 32.2. The molecule has 10 nitrogen and oxygen atoms in total. The highest BCUT2D eigenvalue weighted by Gasteiger charge is 2.48. The summed E-state index contributed by atoms with van der Waals surface area (Å²) >= 11 is 0. The molecule has 2 N–H and O–H groups in total. The number of halogens is 6. The number of carbonyl (C=O) groups is 2. The van der Waals surface area contributed by atoms with Crippen molar-refractivity contribution in [1.82, 2.24) is 14.2 Å². The van der Waals surface area contributed by atoms with Crippen LogP contribution in [0, 0.1) is 5.92 Å². The molecule has 0 bridgehead atoms. The van der Waals surface area contributed by atoms with E-state index in [2.05, 4.69) is 16.8 Å². The van der Waals surface area contributed by atoms with Crippen molar-refractivity contribution in [2.24, 2.45) is 5.92 Å². The summed E-state index contributed by atoms with van der Waals surface area (Å²) in [6.07, 6.45) is -6.26. The smallest absolute Gasteiger partial charge is 0.475 e. The number of likely N-dealkylation sites (N-methyl/N-ethyl adjacent to an activating group) is 1. The van der Waals surface area contributed by atoms with Crippen molar-refractivity contribution in [2.75, 3.05) is 33.3 Å². The Balaban J connectivity index is 0.000000383. The summed E-state index contributed by atoms with van der Waals surface area (Å²) in [5, 5.41) is 14.2. The van der Waals surface area contributed by atoms with Crippen molar-refractivity contribution in [2.45, 2.75) is 42.7 Å². The quantitative estimate of drug-likeness (QED) is 0.537. The number of likely N-dealkylation sites (tertiary alicyclic amines) is 1. The number of hydrogen-bond donors (Lipinski definition) is 2. The van der Waals surface area contributed by atoms with E-state index in [1.165, 1.54) is 6.20 Å². The summed E-state index contributed by atoms with van der Waals surface area (Å²) in [5.41, 5.74) is 0. The number of nitrogens with zero attached hydrogens (tertiary/aromatic N) is 3. The molecule has 2 saturated heterocycles. The topological polar surface area (TPSA) is 137 Å². The zero-order chi connectivity index (χ0) is 27.9. The van der Waals surface area contributed by atoms with Crippen molar-refractivity contribution >= 4 is 22.0 Å². The Morgan fingerprint density at radius 3 is 2.03 bits per heavy atom. The first-order chi connectivity index (χ1) is 16.5. The molecule has 17 heteroatoms. The number of alkyl halides is 6. The maximum atomic E-state index is 12.9. The van der Waals surface area contributed by atoms with Gasteiger partial charge in [-0.3, -0.25) is 4.98 Å². The lowest BCUT2D eigenvalue weighted by Gasteiger charge is -2.40. The molecule has 3 atom stereocenters. The zero-order valence-electron chi connectivity index (χ0n) is 19.0. The lowest BCUT2D eigenvalue weighted by molar-refractivity contribution is -0.193. The second-order valence-corrected chi connectivity index (χ2v) is 9.45. The van der Waals surface area contributed by atoms with Crippen LogP contribution in [-0.4, -0.2) is 103 Å². The second kappa shape index (κ2) is 12.6. The van der Waals surface area contributed by atoms with Crippen LogP contribution in [0.3, 0.4) is 0 Å². The molecule has 0 amide bonds. The Labute approximate surface area is 202 Å². The van der Waals surface area contributed by atoms with E-state index < -0.39 is 34.3 Å². The molecule has 3 heterocycles. The first-order valence-electron chi connectivity index (χ1n) is 10.2. The molecule has 0 aromatic carbocycles. The summed E-state index contributed by atoms with van der Waals surface area (Å²) < 4.78 is 96.6. The molecule has 0 radical (unpaired) electrons. The van der Waals surface area contributed by atoms with E-state index in [4.69, 9.17) is 24.5 Å². The van der Waals surface area contributed by atoms with Crippen LogP contribution in [0.4, 0.5) is 26.3 Å². The standard InChI is InChI=1S/C15H23N3O3S.2C2HF3O2/c1-3-17-10-13-14(11-17)18(8-6-15(13)21-2)22(19,20)12-5-4-7-16-9-12;2*3-2(4,5)1(6)7/h4-5,7,9,13-15H,3,6,8,10-11H2,1-2H3;2*(H,6,7)/t13-,14+,15+;;/m0../s1. The summed E-state index contributed by atoms with van der Waals surface area (Å²) in [7, 11) is -1.77. The maximum Gasteiger partial charge on any atom is 0.490 e. The van der Waals surface area contributed by atoms with Gasteiger partial charge in [-0.15, -0.1) is 0 Å². The monoisotopic (exact) mass is 553 g/mol. The van der Waals surface area contributed by atoms with Gasteiger partial charge in [0.05, 0.1) is 6.10 Å². The van der Waals surface area contributed by atoms with Crippen molar-refractivity contribution in [3.8, 4) is 0 Å². The summed E-state index contributed by atoms with van der Waals surface area (Å²) in [4.78, 5) is 24.3. The summed E-state index contributed by atoms with van der Waals surface area (Å²) in [6, 6.07) is 3.27. The Morgan fingerprint density at radius 2 is 1.64 bits per heavy atom. The number of aliphatic carboxylic acids is 2. The fourth-order valence-electron chi connectivity index (χ4n) is 3.68. The zero-order valence-corrected chi connectivity index (χ0v) is 19.8. The lowest BCUT2D eigenvalue weighted by Crippen LogP contribution is -2.53. The van der Waals surface area contributed by atoms with E-state index in [0.717, 1.165) is 26.1 Å². The van der Waals surface area contributed by atoms with Gasteiger partial charge in [0.15, 0.2) is 0 Å². The number of piperidine rings is 1. The number of ether oxygens (including phenoxy) is 1. The molecule has 2 aliphatic heterocycles. The average Bonchev–Trinajstić information content (AvgIpc) is 3.23. The molecule has 2 aliphatic rings. The minimum Gasteiger partial charge on any atom is -0.475 e. The van der Waals surface area contributed by atoms with E-state index in [-0.39, 0.29) is 23.0 Å². The molecule has 1 aromatic heterocycles. The first kappa shape index (κ1) is 31.5. The summed E-state index contributed by atoms with van der Waals surface area (Å²) in [6.45, 7) is 5.23. The molecule has 0 unspecified atom stereocenters. The molecule has 1 aromatic rings. The van der Waals surface area contributed by atoms with Gasteiger partial charge in [0.1, 0.15) is 4.90 Å². The normalized spacial score (nSPS) is 22.9. The third kappa shape index (κ3) is 8.56. The van der Waals surface area contributed by atoms with Crippen LogP contribution in [-0.2, 0) is 24.3 Å². The van der Waals surface area contributed by atoms with Gasteiger partial charge in [0.2, 0.25) is 10.0 Å². The fraction of sp³-hybridized carbons (Fsp3) is 0.632. The van der Waals surface area contributed by atoms with E-state index >= 15 is 0 Å². The Morgan fingerprint density at radius 1 is 1.11 bits per heavy atom. The van der Waals surface area contributed by atoms with Gasteiger partial charge in [-0.25, -0.2) is 18.0 Å². The van der Waals surface area contributed by atoms with Crippen molar-refractivity contribution in [1.29, 1.82) is 0 Å². The van der Waals surface area contributed by atoms with Crippen LogP contribution in [0.1, 0.15) is 13.3 Å². The Hall–Kier alpha value is -2.50. The number of rotatable bonds is 4. The lowest BCUT2D eigenvalue weighted by atomic mass is 9.91. The molecule has 0 spiro atoms. The van der Waals surface area contributed by atoms with Gasteiger partial charge < -0.3 is 19.8 Å². The van der Waals surface area contributed by atoms with E-state index in [0.29, 0.717) is 6.54 Å². The summed E-state index contributed by atoms with van der Waals surface area (Å²) in [5.74, 6) is -5.27. The minimum absolute atomic E-state index is 0.0103. The number of carboxylic acid groups (broad SMARTS) is 2. The molecular weight excluding hydrogens is 528 g/mol. The number of sulfonamides is 1. The van der Waals surface area contributed by atoms with Gasteiger partial charge in [0, 0.05) is 51.1 Å². The third-order valence-corrected chi connectivity index (χ3v) is 7.27. The van der Waals surface area contributed by atoms with Crippen LogP contribution in [0.2, 0.25) is 0 Å². The van der Waals surface area contributed by atoms with Crippen LogP contribution in [0.5, 0.6) is 0 Å². The highest BCUT2D eigenvalue weighted by Crippen LogP contribution is 2.35. The number of hydrogen-bond acceptors (Lipinski definition) is 7. The van der Waals surface area contributed by atoms with Crippen molar-refractivity contribution < 1.29 is 59.3 Å². The van der Waals surface area contributed by atoms with Gasteiger partial charge in [-0.2, -0.15) is 30.6 Å². The van der Waals surface area contributed by atoms with E-state index in [9.17, 15) is 34.8 Å². The minimum atomic E-state index is -5.08. The van der Waals surface area contributed by atoms with E-state index in [1.807, 2.05) is 0 Å². The van der Waals surface area contributed by atoms with Gasteiger partial charge in [-0.05, 0) is 25.1 Å². The molecule has 206 valence electrons. The predicted molar refractivity (Wildman–Crippen MR) is 110 cm³/mol. The maximum absolute atomic E-state index is 12.9. The number of methoxy groups -OCH3 is 1. The van der Waals surface area contributed by atoms with Gasteiger partial charge >= 0.3 is 24.3 Å². The molecule has 3 rings (SSSR count). The number of pyridine rings is 1. The second-order valence-electron chi connectivity index (χ2n) is 7.56. The van der Waals surface area contributed by atoms with Crippen LogP contribution in [0.25, 0.3) is 0 Å². The number of carboxylic acids is 2. The Bertz CT molecular complexity index is 952. The van der Waals surface area contributed by atoms with Gasteiger partial charge in [0.25, 0.3) is 0 Å². The van der Waals surface area contributed by atoms with Crippen LogP contribution < -0.4 is 0 Å². The SMILES string of the molecule is CCN1C[C@H]2[C@@H](C1)N(S(=O)(=O)c1cccnc1)CC[C@H]2OC.O=C(O)C(F)(F)F.O=C(O)C(F)(F)F. The highest BCUT2D eigenvalue weighted by molar-refractivity contribution is 7.89. The third-order valence-electron chi connectivity index (χ3n) is 5.37. The number of fused-ring (bicyclic) bond motifs is 1. The molecule has 36 heavy (non-hydrogen) atoms.